The average Bonchev–Trinajstić information content (AvgIpc) is 2.96. The molecule has 2 N–H and O–H groups in total. The van der Waals surface area contributed by atoms with E-state index in [1.165, 1.54) is 11.3 Å². The van der Waals surface area contributed by atoms with Crippen LogP contribution in [0.2, 0.25) is 5.02 Å². The first-order valence-electron chi connectivity index (χ1n) is 7.84. The van der Waals surface area contributed by atoms with E-state index in [1.54, 1.807) is 0 Å². The van der Waals surface area contributed by atoms with Gasteiger partial charge in [0, 0.05) is 29.7 Å². The van der Waals surface area contributed by atoms with Crippen molar-refractivity contribution in [2.75, 3.05) is 13.1 Å². The second-order valence-electron chi connectivity index (χ2n) is 5.82. The van der Waals surface area contributed by atoms with Gasteiger partial charge in [-0.3, -0.25) is 4.79 Å². The molecule has 1 unspecified atom stereocenters. The number of carbonyl (C=O) groups is 1. The summed E-state index contributed by atoms with van der Waals surface area (Å²) in [7, 11) is 0. The fraction of sp³-hybridized carbons (Fsp3) is 0.412. The average molecular weight is 350 g/mol. The van der Waals surface area contributed by atoms with Crippen LogP contribution in [-0.4, -0.2) is 34.9 Å². The third-order valence-electron chi connectivity index (χ3n) is 4.24. The van der Waals surface area contributed by atoms with E-state index in [4.69, 9.17) is 17.3 Å². The van der Waals surface area contributed by atoms with E-state index in [9.17, 15) is 4.79 Å². The molecule has 0 spiro atoms. The van der Waals surface area contributed by atoms with Crippen LogP contribution in [-0.2, 0) is 0 Å². The van der Waals surface area contributed by atoms with E-state index >= 15 is 0 Å². The van der Waals surface area contributed by atoms with Crippen LogP contribution < -0.4 is 5.73 Å². The third-order valence-corrected chi connectivity index (χ3v) is 5.69. The van der Waals surface area contributed by atoms with Crippen LogP contribution in [0, 0.1) is 6.92 Å². The molecule has 23 heavy (non-hydrogen) atoms. The molecule has 1 amide bonds. The van der Waals surface area contributed by atoms with Crippen molar-refractivity contribution in [2.24, 2.45) is 5.73 Å². The molecule has 1 aliphatic heterocycles. The first-order valence-corrected chi connectivity index (χ1v) is 9.04. The number of carbonyl (C=O) groups excluding carboxylic acids is 1. The van der Waals surface area contributed by atoms with Gasteiger partial charge in [0.25, 0.3) is 5.91 Å². The second kappa shape index (κ2) is 6.99. The summed E-state index contributed by atoms with van der Waals surface area (Å²) in [5, 5.41) is 1.54. The summed E-state index contributed by atoms with van der Waals surface area (Å²) >= 11 is 7.38. The van der Waals surface area contributed by atoms with Crippen LogP contribution in [0.5, 0.6) is 0 Å². The molecule has 1 atom stereocenters. The Balaban J connectivity index is 1.88. The number of benzene rings is 1. The van der Waals surface area contributed by atoms with Gasteiger partial charge in [-0.1, -0.05) is 23.7 Å². The van der Waals surface area contributed by atoms with E-state index in [-0.39, 0.29) is 11.9 Å². The topological polar surface area (TPSA) is 59.2 Å². The lowest BCUT2D eigenvalue weighted by atomic mass is 10.0. The van der Waals surface area contributed by atoms with E-state index in [0.717, 1.165) is 46.9 Å². The van der Waals surface area contributed by atoms with Crippen molar-refractivity contribution in [3.63, 3.8) is 0 Å². The van der Waals surface area contributed by atoms with Crippen molar-refractivity contribution >= 4 is 28.8 Å². The van der Waals surface area contributed by atoms with Crippen molar-refractivity contribution in [1.82, 2.24) is 9.88 Å². The number of aryl methyl sites for hydroxylation is 1. The van der Waals surface area contributed by atoms with Gasteiger partial charge in [-0.05, 0) is 38.3 Å². The van der Waals surface area contributed by atoms with Crippen molar-refractivity contribution in [1.29, 1.82) is 0 Å². The van der Waals surface area contributed by atoms with Crippen molar-refractivity contribution < 1.29 is 4.79 Å². The number of halogens is 1. The highest BCUT2D eigenvalue weighted by Crippen LogP contribution is 2.31. The molecule has 3 rings (SSSR count). The van der Waals surface area contributed by atoms with Gasteiger partial charge in [0.15, 0.2) is 0 Å². The normalized spacial score (nSPS) is 18.2. The lowest BCUT2D eigenvalue weighted by Gasteiger charge is -2.34. The number of piperidine rings is 1. The molecule has 1 fully saturated rings. The number of amides is 1. The molecular weight excluding hydrogens is 330 g/mol. The van der Waals surface area contributed by atoms with Gasteiger partial charge in [0.1, 0.15) is 9.88 Å². The summed E-state index contributed by atoms with van der Waals surface area (Å²) in [6, 6.07) is 7.68. The van der Waals surface area contributed by atoms with E-state index in [2.05, 4.69) is 4.98 Å². The zero-order chi connectivity index (χ0) is 16.4. The summed E-state index contributed by atoms with van der Waals surface area (Å²) in [5.74, 6) is 0.0652. The maximum Gasteiger partial charge on any atom is 0.266 e. The number of likely N-dealkylation sites (tertiary alicyclic amines) is 1. The number of nitrogens with zero attached hydrogens (tertiary/aromatic N) is 2. The maximum atomic E-state index is 12.9. The van der Waals surface area contributed by atoms with Crippen molar-refractivity contribution in [3.05, 3.63) is 39.9 Å². The summed E-state index contributed by atoms with van der Waals surface area (Å²) in [6.07, 6.45) is 3.18. The molecule has 0 saturated carbocycles. The Hall–Kier alpha value is -1.43. The smallest absolute Gasteiger partial charge is 0.266 e. The summed E-state index contributed by atoms with van der Waals surface area (Å²) in [5.41, 5.74) is 7.61. The lowest BCUT2D eigenvalue weighted by Crippen LogP contribution is -2.47. The fourth-order valence-electron chi connectivity index (χ4n) is 2.95. The molecular formula is C17H20ClN3OS. The lowest BCUT2D eigenvalue weighted by molar-refractivity contribution is 0.0627. The maximum absolute atomic E-state index is 12.9. The molecule has 1 aromatic heterocycles. The first-order chi connectivity index (χ1) is 11.1. The zero-order valence-electron chi connectivity index (χ0n) is 13.1. The minimum absolute atomic E-state index is 0.0652. The SMILES string of the molecule is Cc1nc(-c2ccc(Cl)cc2)sc1C(=O)N1CCCCC1CN. The molecule has 6 heteroatoms. The summed E-state index contributed by atoms with van der Waals surface area (Å²) in [6.45, 7) is 3.20. The predicted molar refractivity (Wildman–Crippen MR) is 95.0 cm³/mol. The van der Waals surface area contributed by atoms with Gasteiger partial charge < -0.3 is 10.6 Å². The Morgan fingerprint density at radius 2 is 2.13 bits per heavy atom. The Morgan fingerprint density at radius 1 is 1.39 bits per heavy atom. The molecule has 4 nitrogen and oxygen atoms in total. The highest BCUT2D eigenvalue weighted by Gasteiger charge is 2.29. The van der Waals surface area contributed by atoms with Crippen LogP contribution in [0.25, 0.3) is 10.6 Å². The molecule has 0 bridgehead atoms. The van der Waals surface area contributed by atoms with Gasteiger partial charge in [-0.2, -0.15) is 0 Å². The number of hydrogen-bond donors (Lipinski definition) is 1. The van der Waals surface area contributed by atoms with Crippen LogP contribution in [0.1, 0.15) is 34.6 Å². The second-order valence-corrected chi connectivity index (χ2v) is 7.26. The van der Waals surface area contributed by atoms with E-state index in [1.807, 2.05) is 36.1 Å². The Labute approximate surface area is 145 Å². The Kier molecular flexibility index (Phi) is 4.99. The van der Waals surface area contributed by atoms with Crippen LogP contribution in [0.3, 0.4) is 0 Å². The molecule has 1 aliphatic rings. The molecule has 2 heterocycles. The van der Waals surface area contributed by atoms with Gasteiger partial charge in [0.05, 0.1) is 5.69 Å². The molecule has 0 radical (unpaired) electrons. The largest absolute Gasteiger partial charge is 0.334 e. The van der Waals surface area contributed by atoms with E-state index in [0.29, 0.717) is 11.6 Å². The summed E-state index contributed by atoms with van der Waals surface area (Å²) in [4.78, 5) is 20.1. The zero-order valence-corrected chi connectivity index (χ0v) is 14.7. The Bertz CT molecular complexity index is 698. The van der Waals surface area contributed by atoms with Gasteiger partial charge in [0.2, 0.25) is 0 Å². The minimum Gasteiger partial charge on any atom is -0.334 e. The number of nitrogens with two attached hydrogens (primary N) is 1. The Morgan fingerprint density at radius 3 is 2.83 bits per heavy atom. The highest BCUT2D eigenvalue weighted by atomic mass is 35.5. The highest BCUT2D eigenvalue weighted by molar-refractivity contribution is 7.17. The first kappa shape index (κ1) is 16.4. The van der Waals surface area contributed by atoms with E-state index < -0.39 is 0 Å². The number of aromatic nitrogens is 1. The van der Waals surface area contributed by atoms with Crippen LogP contribution in [0.4, 0.5) is 0 Å². The van der Waals surface area contributed by atoms with Gasteiger partial charge >= 0.3 is 0 Å². The van der Waals surface area contributed by atoms with Gasteiger partial charge in [-0.25, -0.2) is 4.98 Å². The fourth-order valence-corrected chi connectivity index (χ4v) is 4.11. The van der Waals surface area contributed by atoms with Crippen LogP contribution >= 0.6 is 22.9 Å². The molecule has 1 aromatic carbocycles. The third kappa shape index (κ3) is 3.42. The monoisotopic (exact) mass is 349 g/mol. The number of thiazole rings is 1. The number of rotatable bonds is 3. The van der Waals surface area contributed by atoms with Crippen molar-refractivity contribution in [2.45, 2.75) is 32.2 Å². The molecule has 1 saturated heterocycles. The van der Waals surface area contributed by atoms with Crippen LogP contribution in [0.15, 0.2) is 24.3 Å². The molecule has 0 aliphatic carbocycles. The predicted octanol–water partition coefficient (Wildman–Crippen LogP) is 3.73. The molecule has 122 valence electrons. The minimum atomic E-state index is 0.0652. The van der Waals surface area contributed by atoms with Gasteiger partial charge in [-0.15, -0.1) is 11.3 Å². The quantitative estimate of drug-likeness (QED) is 0.918. The number of hydrogen-bond acceptors (Lipinski definition) is 4. The molecule has 2 aromatic rings. The summed E-state index contributed by atoms with van der Waals surface area (Å²) < 4.78 is 0. The standard InChI is InChI=1S/C17H20ClN3OS/c1-11-15(17(22)21-9-3-2-4-14(21)10-19)23-16(20-11)12-5-7-13(18)8-6-12/h5-8,14H,2-4,9-10,19H2,1H3. The van der Waals surface area contributed by atoms with Crippen molar-refractivity contribution in [3.8, 4) is 10.6 Å².